The SMILES string of the molecule is O=S(=O)(OS(=O)(=O)C(F)(F)F)C(F)(F)F.c1scc2c1OCCO2.c1scc2c1OCCO2. The molecule has 0 unspecified atom stereocenters. The summed E-state index contributed by atoms with van der Waals surface area (Å²) in [5.74, 6) is 3.58. The Hall–Kier alpha value is -1.96. The molecule has 2 aromatic rings. The monoisotopic (exact) mass is 566 g/mol. The highest BCUT2D eigenvalue weighted by Gasteiger charge is 2.57. The predicted octanol–water partition coefficient (Wildman–Crippen LogP) is 3.74. The van der Waals surface area contributed by atoms with E-state index in [0.29, 0.717) is 26.4 Å². The maximum Gasteiger partial charge on any atom is 0.524 e. The fourth-order valence-corrected chi connectivity index (χ4v) is 4.70. The van der Waals surface area contributed by atoms with E-state index in [1.807, 2.05) is 25.1 Å². The van der Waals surface area contributed by atoms with Crippen molar-refractivity contribution in [3.8, 4) is 23.0 Å². The molecule has 0 atom stereocenters. The summed E-state index contributed by atoms with van der Waals surface area (Å²) in [7, 11) is -13.7. The molecule has 0 N–H and O–H groups in total. The first-order valence-corrected chi connectivity index (χ1v) is 12.8. The van der Waals surface area contributed by atoms with E-state index in [4.69, 9.17) is 18.9 Å². The van der Waals surface area contributed by atoms with Crippen LogP contribution in [0.25, 0.3) is 0 Å². The van der Waals surface area contributed by atoms with Crippen molar-refractivity contribution in [1.29, 1.82) is 0 Å². The van der Waals surface area contributed by atoms with E-state index < -0.39 is 31.3 Å². The van der Waals surface area contributed by atoms with Crippen LogP contribution in [0.15, 0.2) is 21.5 Å². The maximum atomic E-state index is 11.4. The normalized spacial score (nSPS) is 15.5. The molecule has 0 aromatic carbocycles. The number of ether oxygens (including phenoxy) is 4. The quantitative estimate of drug-likeness (QED) is 0.396. The molecule has 33 heavy (non-hydrogen) atoms. The third kappa shape index (κ3) is 7.52. The zero-order chi connectivity index (χ0) is 24.9. The second kappa shape index (κ2) is 10.5. The Bertz CT molecular complexity index is 989. The minimum absolute atomic E-state index is 0.684. The lowest BCUT2D eigenvalue weighted by molar-refractivity contribution is -0.0585. The van der Waals surface area contributed by atoms with Crippen LogP contribution < -0.4 is 18.9 Å². The maximum absolute atomic E-state index is 11.4. The molecule has 19 heteroatoms. The van der Waals surface area contributed by atoms with Gasteiger partial charge < -0.3 is 18.9 Å². The zero-order valence-corrected chi connectivity index (χ0v) is 19.0. The zero-order valence-electron chi connectivity index (χ0n) is 15.7. The topological polar surface area (TPSA) is 114 Å². The van der Waals surface area contributed by atoms with Crippen LogP contribution in [0.5, 0.6) is 23.0 Å². The Kier molecular flexibility index (Phi) is 8.71. The van der Waals surface area contributed by atoms with Crippen molar-refractivity contribution in [2.24, 2.45) is 0 Å². The molecule has 2 aromatic heterocycles. The summed E-state index contributed by atoms with van der Waals surface area (Å²) in [4.78, 5) is 0. The highest BCUT2D eigenvalue weighted by Crippen LogP contribution is 2.34. The molecule has 0 bridgehead atoms. The Balaban J connectivity index is 0.000000183. The van der Waals surface area contributed by atoms with Gasteiger partial charge in [-0.05, 0) is 0 Å². The van der Waals surface area contributed by atoms with Crippen molar-refractivity contribution in [2.45, 2.75) is 11.0 Å². The first kappa shape index (κ1) is 27.3. The van der Waals surface area contributed by atoms with Gasteiger partial charge in [0, 0.05) is 21.5 Å². The van der Waals surface area contributed by atoms with Gasteiger partial charge in [0.15, 0.2) is 23.0 Å². The molecule has 0 saturated carbocycles. The molecule has 4 rings (SSSR count). The second-order valence-corrected chi connectivity index (χ2v) is 10.2. The van der Waals surface area contributed by atoms with Crippen LogP contribution in [-0.2, 0) is 23.9 Å². The van der Waals surface area contributed by atoms with E-state index in [2.05, 4.69) is 0 Å². The number of hydrogen-bond acceptors (Lipinski definition) is 11. The van der Waals surface area contributed by atoms with Gasteiger partial charge in [-0.15, -0.1) is 26.3 Å². The van der Waals surface area contributed by atoms with Gasteiger partial charge in [0.25, 0.3) is 0 Å². The van der Waals surface area contributed by atoms with Crippen LogP contribution in [0, 0.1) is 0 Å². The molecule has 0 amide bonds. The van der Waals surface area contributed by atoms with Crippen LogP contribution in [0.4, 0.5) is 26.3 Å². The summed E-state index contributed by atoms with van der Waals surface area (Å²) < 4.78 is 131. The van der Waals surface area contributed by atoms with E-state index in [1.165, 1.54) is 0 Å². The predicted molar refractivity (Wildman–Crippen MR) is 102 cm³/mol. The molecule has 0 aliphatic carbocycles. The fraction of sp³-hybridized carbons (Fsp3) is 0.429. The fourth-order valence-electron chi connectivity index (χ4n) is 1.77. The molecule has 188 valence electrons. The molecule has 4 heterocycles. The Morgan fingerprint density at radius 2 is 0.848 bits per heavy atom. The largest absolute Gasteiger partial charge is 0.524 e. The summed E-state index contributed by atoms with van der Waals surface area (Å²) in [5.41, 5.74) is -12.5. The lowest BCUT2D eigenvalue weighted by Crippen LogP contribution is -2.34. The summed E-state index contributed by atoms with van der Waals surface area (Å²) in [6.07, 6.45) is 0. The Morgan fingerprint density at radius 3 is 1.06 bits per heavy atom. The minimum Gasteiger partial charge on any atom is -0.485 e. The van der Waals surface area contributed by atoms with Gasteiger partial charge in [0.1, 0.15) is 26.4 Å². The van der Waals surface area contributed by atoms with Gasteiger partial charge in [0.2, 0.25) is 0 Å². The molecule has 0 fully saturated rings. The summed E-state index contributed by atoms with van der Waals surface area (Å²) >= 11 is 3.21. The van der Waals surface area contributed by atoms with Crippen molar-refractivity contribution in [2.75, 3.05) is 26.4 Å². The first-order valence-electron chi connectivity index (χ1n) is 8.11. The smallest absolute Gasteiger partial charge is 0.485 e. The standard InChI is InChI=1S/2C6H6O2S.C2F6O5S2/c2*1-2-8-6-4-9-3-5(6)7-1;3-1(4,5)14(9,10)13-15(11,12)2(6,7)8/h2*3-4H,1-2H2;. The van der Waals surface area contributed by atoms with Crippen LogP contribution >= 0.6 is 22.7 Å². The molecular formula is C14H12F6O9S4. The third-order valence-corrected chi connectivity index (χ3v) is 7.10. The number of thiophene rings is 2. The number of alkyl halides is 6. The number of halogens is 6. The first-order chi connectivity index (χ1) is 15.1. The Morgan fingerprint density at radius 1 is 0.606 bits per heavy atom. The van der Waals surface area contributed by atoms with E-state index in [1.54, 1.807) is 22.7 Å². The van der Waals surface area contributed by atoms with Crippen LogP contribution in [0.1, 0.15) is 0 Å². The van der Waals surface area contributed by atoms with Crippen molar-refractivity contribution in [3.63, 3.8) is 0 Å². The van der Waals surface area contributed by atoms with E-state index in [0.717, 1.165) is 23.0 Å². The Labute approximate surface area is 190 Å². The van der Waals surface area contributed by atoms with Gasteiger partial charge in [-0.2, -0.15) is 43.2 Å². The van der Waals surface area contributed by atoms with Gasteiger partial charge in [0.05, 0.1) is 0 Å². The molecule has 0 radical (unpaired) electrons. The van der Waals surface area contributed by atoms with Gasteiger partial charge in [-0.25, -0.2) is 0 Å². The van der Waals surface area contributed by atoms with Crippen LogP contribution in [-0.4, -0.2) is 54.3 Å². The molecular weight excluding hydrogens is 554 g/mol. The number of fused-ring (bicyclic) bond motifs is 2. The summed E-state index contributed by atoms with van der Waals surface area (Å²) in [5, 5.41) is 7.81. The minimum atomic E-state index is -6.85. The molecule has 2 aliphatic rings. The summed E-state index contributed by atoms with van der Waals surface area (Å²) in [6, 6.07) is 0. The lowest BCUT2D eigenvalue weighted by Gasteiger charge is -2.13. The highest BCUT2D eigenvalue weighted by atomic mass is 32.3. The van der Waals surface area contributed by atoms with Crippen molar-refractivity contribution < 1.29 is 65.8 Å². The molecule has 9 nitrogen and oxygen atoms in total. The number of hydrogen-bond donors (Lipinski definition) is 0. The van der Waals surface area contributed by atoms with Crippen LogP contribution in [0.3, 0.4) is 0 Å². The van der Waals surface area contributed by atoms with Crippen LogP contribution in [0.2, 0.25) is 0 Å². The van der Waals surface area contributed by atoms with Gasteiger partial charge >= 0.3 is 31.3 Å². The molecule has 0 spiro atoms. The second-order valence-electron chi connectivity index (χ2n) is 5.46. The van der Waals surface area contributed by atoms with Crippen molar-refractivity contribution >= 4 is 42.9 Å². The third-order valence-electron chi connectivity index (χ3n) is 3.13. The average Bonchev–Trinajstić information content (AvgIpc) is 3.35. The van der Waals surface area contributed by atoms with Gasteiger partial charge in [-0.3, -0.25) is 0 Å². The van der Waals surface area contributed by atoms with E-state index in [-0.39, 0.29) is 0 Å². The summed E-state index contributed by atoms with van der Waals surface area (Å²) in [6.45, 7) is 2.74. The average molecular weight is 566 g/mol. The molecule has 0 saturated heterocycles. The lowest BCUT2D eigenvalue weighted by atomic mass is 10.5. The van der Waals surface area contributed by atoms with Crippen molar-refractivity contribution in [3.05, 3.63) is 21.5 Å². The highest BCUT2D eigenvalue weighted by molar-refractivity contribution is 8.00. The van der Waals surface area contributed by atoms with Crippen molar-refractivity contribution in [1.82, 2.24) is 0 Å². The van der Waals surface area contributed by atoms with Gasteiger partial charge in [-0.1, -0.05) is 0 Å². The number of rotatable bonds is 2. The van der Waals surface area contributed by atoms with E-state index in [9.17, 15) is 43.2 Å². The molecule has 2 aliphatic heterocycles. The van der Waals surface area contributed by atoms with E-state index >= 15 is 0 Å².